The first kappa shape index (κ1) is 14.0. The van der Waals surface area contributed by atoms with Gasteiger partial charge in [0.05, 0.1) is 4.92 Å². The van der Waals surface area contributed by atoms with E-state index in [1.807, 2.05) is 4.90 Å². The molecule has 1 saturated heterocycles. The molecule has 2 heterocycles. The molecule has 1 fully saturated rings. The molecule has 1 amide bonds. The van der Waals surface area contributed by atoms with Crippen LogP contribution >= 0.6 is 0 Å². The van der Waals surface area contributed by atoms with E-state index in [2.05, 4.69) is 10.3 Å². The predicted molar refractivity (Wildman–Crippen MR) is 74.4 cm³/mol. The molecule has 1 aliphatic rings. The largest absolute Gasteiger partial charge is 0.378 e. The van der Waals surface area contributed by atoms with Crippen molar-refractivity contribution in [2.45, 2.75) is 25.8 Å². The summed E-state index contributed by atoms with van der Waals surface area (Å²) in [7, 11) is 0. The second-order valence-corrected chi connectivity index (χ2v) is 4.79. The lowest BCUT2D eigenvalue weighted by Gasteiger charge is -2.33. The van der Waals surface area contributed by atoms with Crippen molar-refractivity contribution in [3.05, 3.63) is 22.2 Å². The van der Waals surface area contributed by atoms with Gasteiger partial charge in [0.15, 0.2) is 0 Å². The van der Waals surface area contributed by atoms with Gasteiger partial charge in [0, 0.05) is 32.1 Å². The van der Waals surface area contributed by atoms with E-state index in [1.54, 1.807) is 6.07 Å². The number of nitro groups is 1. The van der Waals surface area contributed by atoms with Crippen LogP contribution in [0.15, 0.2) is 12.1 Å². The van der Waals surface area contributed by atoms with Crippen molar-refractivity contribution >= 4 is 23.2 Å². The SMILES string of the molecule is CC(=O)NC1CCN(c2ccc([N+](=O)[O-])c(N)n2)CC1. The zero-order chi connectivity index (χ0) is 14.7. The van der Waals surface area contributed by atoms with Gasteiger partial charge < -0.3 is 16.0 Å². The van der Waals surface area contributed by atoms with Crippen LogP contribution in [0.4, 0.5) is 17.3 Å². The number of hydrogen-bond acceptors (Lipinski definition) is 6. The van der Waals surface area contributed by atoms with Crippen molar-refractivity contribution in [1.29, 1.82) is 0 Å². The maximum atomic E-state index is 11.0. The molecular formula is C12H17N5O3. The lowest BCUT2D eigenvalue weighted by molar-refractivity contribution is -0.384. The third kappa shape index (κ3) is 3.14. The molecular weight excluding hydrogens is 262 g/mol. The number of nitrogens with zero attached hydrogens (tertiary/aromatic N) is 3. The predicted octanol–water partition coefficient (Wildman–Crippen LogP) is 0.677. The number of amides is 1. The minimum absolute atomic E-state index is 0.0267. The van der Waals surface area contributed by atoms with Gasteiger partial charge in [0.2, 0.25) is 11.7 Å². The van der Waals surface area contributed by atoms with E-state index in [0.29, 0.717) is 5.82 Å². The Morgan fingerprint density at radius 2 is 2.15 bits per heavy atom. The second-order valence-electron chi connectivity index (χ2n) is 4.79. The van der Waals surface area contributed by atoms with Crippen LogP contribution in [0.5, 0.6) is 0 Å². The first-order valence-corrected chi connectivity index (χ1v) is 6.40. The summed E-state index contributed by atoms with van der Waals surface area (Å²) in [5.74, 6) is 0.534. The summed E-state index contributed by atoms with van der Waals surface area (Å²) in [5, 5.41) is 13.6. The smallest absolute Gasteiger partial charge is 0.311 e. The van der Waals surface area contributed by atoms with Gasteiger partial charge in [-0.25, -0.2) is 4.98 Å². The van der Waals surface area contributed by atoms with Crippen LogP contribution in [0, 0.1) is 10.1 Å². The van der Waals surface area contributed by atoms with Gasteiger partial charge in [-0.3, -0.25) is 14.9 Å². The third-order valence-corrected chi connectivity index (χ3v) is 3.31. The molecule has 0 radical (unpaired) electrons. The molecule has 0 aliphatic carbocycles. The van der Waals surface area contributed by atoms with Crippen molar-refractivity contribution in [3.63, 3.8) is 0 Å². The number of aromatic nitrogens is 1. The Kier molecular flexibility index (Phi) is 4.02. The molecule has 1 aromatic heterocycles. The molecule has 0 aromatic carbocycles. The van der Waals surface area contributed by atoms with Gasteiger partial charge in [-0.15, -0.1) is 0 Å². The van der Waals surface area contributed by atoms with Gasteiger partial charge >= 0.3 is 5.69 Å². The average Bonchev–Trinajstić information content (AvgIpc) is 2.38. The molecule has 0 saturated carbocycles. The number of anilines is 2. The first-order chi connectivity index (χ1) is 9.47. The van der Waals surface area contributed by atoms with Gasteiger partial charge in [0.1, 0.15) is 5.82 Å². The van der Waals surface area contributed by atoms with Crippen LogP contribution in [-0.2, 0) is 4.79 Å². The summed E-state index contributed by atoms with van der Waals surface area (Å²) in [4.78, 5) is 27.2. The summed E-state index contributed by atoms with van der Waals surface area (Å²) < 4.78 is 0. The Hall–Kier alpha value is -2.38. The van der Waals surface area contributed by atoms with Gasteiger partial charge in [-0.05, 0) is 18.9 Å². The van der Waals surface area contributed by atoms with E-state index in [-0.39, 0.29) is 23.5 Å². The van der Waals surface area contributed by atoms with E-state index >= 15 is 0 Å². The lowest BCUT2D eigenvalue weighted by Crippen LogP contribution is -2.44. The second kappa shape index (κ2) is 5.72. The Morgan fingerprint density at radius 3 is 2.65 bits per heavy atom. The van der Waals surface area contributed by atoms with E-state index in [4.69, 9.17) is 5.73 Å². The fraction of sp³-hybridized carbons (Fsp3) is 0.500. The molecule has 0 spiro atoms. The summed E-state index contributed by atoms with van der Waals surface area (Å²) in [5.41, 5.74) is 5.41. The maximum absolute atomic E-state index is 11.0. The molecule has 1 aliphatic heterocycles. The van der Waals surface area contributed by atoms with Crippen LogP contribution < -0.4 is 16.0 Å². The normalized spacial score (nSPS) is 15.9. The lowest BCUT2D eigenvalue weighted by atomic mass is 10.1. The number of nitrogens with two attached hydrogens (primary N) is 1. The monoisotopic (exact) mass is 279 g/mol. The van der Waals surface area contributed by atoms with Crippen LogP contribution in [0.1, 0.15) is 19.8 Å². The van der Waals surface area contributed by atoms with Gasteiger partial charge in [-0.1, -0.05) is 0 Å². The average molecular weight is 279 g/mol. The number of nitrogens with one attached hydrogen (secondary N) is 1. The number of hydrogen-bond donors (Lipinski definition) is 2. The zero-order valence-electron chi connectivity index (χ0n) is 11.2. The highest BCUT2D eigenvalue weighted by Gasteiger charge is 2.22. The first-order valence-electron chi connectivity index (χ1n) is 6.40. The van der Waals surface area contributed by atoms with Crippen molar-refractivity contribution < 1.29 is 9.72 Å². The van der Waals surface area contributed by atoms with E-state index in [9.17, 15) is 14.9 Å². The number of nitrogen functional groups attached to an aromatic ring is 1. The van der Waals surface area contributed by atoms with Crippen molar-refractivity contribution in [2.75, 3.05) is 23.7 Å². The van der Waals surface area contributed by atoms with Crippen LogP contribution in [-0.4, -0.2) is 34.9 Å². The van der Waals surface area contributed by atoms with Crippen molar-refractivity contribution in [2.24, 2.45) is 0 Å². The number of carbonyl (C=O) groups excluding carboxylic acids is 1. The summed E-state index contributed by atoms with van der Waals surface area (Å²) in [6, 6.07) is 3.16. The summed E-state index contributed by atoms with van der Waals surface area (Å²) in [6.45, 7) is 2.97. The number of carbonyl (C=O) groups is 1. The van der Waals surface area contributed by atoms with E-state index in [0.717, 1.165) is 25.9 Å². The maximum Gasteiger partial charge on any atom is 0.311 e. The molecule has 8 heteroatoms. The zero-order valence-corrected chi connectivity index (χ0v) is 11.2. The molecule has 108 valence electrons. The van der Waals surface area contributed by atoms with Crippen LogP contribution in [0.3, 0.4) is 0 Å². The number of rotatable bonds is 3. The van der Waals surface area contributed by atoms with Crippen molar-refractivity contribution in [3.8, 4) is 0 Å². The van der Waals surface area contributed by atoms with Crippen LogP contribution in [0.25, 0.3) is 0 Å². The standard InChI is InChI=1S/C12H17N5O3/c1-8(18)14-9-4-6-16(7-5-9)11-3-2-10(17(19)20)12(13)15-11/h2-3,9H,4-7H2,1H3,(H2,13,15)(H,14,18). The van der Waals surface area contributed by atoms with E-state index < -0.39 is 4.92 Å². The fourth-order valence-corrected chi connectivity index (χ4v) is 2.33. The molecule has 1 aromatic rings. The molecule has 0 atom stereocenters. The van der Waals surface area contributed by atoms with Gasteiger partial charge in [0.25, 0.3) is 0 Å². The topological polar surface area (TPSA) is 114 Å². The Morgan fingerprint density at radius 1 is 1.50 bits per heavy atom. The highest BCUT2D eigenvalue weighted by Crippen LogP contribution is 2.24. The quantitative estimate of drug-likeness (QED) is 0.621. The highest BCUT2D eigenvalue weighted by molar-refractivity contribution is 5.73. The van der Waals surface area contributed by atoms with Gasteiger partial charge in [-0.2, -0.15) is 0 Å². The molecule has 3 N–H and O–H groups in total. The summed E-state index contributed by atoms with van der Waals surface area (Å²) >= 11 is 0. The Bertz CT molecular complexity index is 526. The third-order valence-electron chi connectivity index (χ3n) is 3.31. The van der Waals surface area contributed by atoms with Crippen molar-refractivity contribution in [1.82, 2.24) is 10.3 Å². The molecule has 8 nitrogen and oxygen atoms in total. The fourth-order valence-electron chi connectivity index (χ4n) is 2.33. The molecule has 0 unspecified atom stereocenters. The Balaban J connectivity index is 2.02. The summed E-state index contributed by atoms with van der Waals surface area (Å²) in [6.07, 6.45) is 1.64. The van der Waals surface area contributed by atoms with E-state index in [1.165, 1.54) is 13.0 Å². The minimum Gasteiger partial charge on any atom is -0.378 e. The minimum atomic E-state index is -0.547. The highest BCUT2D eigenvalue weighted by atomic mass is 16.6. The molecule has 2 rings (SSSR count). The van der Waals surface area contributed by atoms with Crippen LogP contribution in [0.2, 0.25) is 0 Å². The number of pyridine rings is 1. The molecule has 0 bridgehead atoms. The number of piperidine rings is 1. The molecule has 20 heavy (non-hydrogen) atoms. The Labute approximate surface area is 116 Å².